The number of nitrogens with zero attached hydrogens (tertiary/aromatic N) is 6. The highest BCUT2D eigenvalue weighted by Gasteiger charge is 2.26. The number of rotatable bonds is 7. The summed E-state index contributed by atoms with van der Waals surface area (Å²) in [7, 11) is 3.94. The Morgan fingerprint density at radius 3 is 2.43 bits per heavy atom. The van der Waals surface area contributed by atoms with Crippen LogP contribution in [0.1, 0.15) is 18.4 Å². The minimum atomic E-state index is -2.83. The van der Waals surface area contributed by atoms with Gasteiger partial charge in [-0.05, 0) is 32.0 Å². The first-order valence-corrected chi connectivity index (χ1v) is 11.7. The van der Waals surface area contributed by atoms with Gasteiger partial charge in [-0.25, -0.2) is 0 Å². The van der Waals surface area contributed by atoms with Crippen molar-refractivity contribution in [2.24, 2.45) is 7.05 Å². The molecule has 4 aromatic rings. The molecule has 0 unspecified atom stereocenters. The average molecular weight is 479 g/mol. The van der Waals surface area contributed by atoms with Gasteiger partial charge in [0, 0.05) is 55.3 Å². The fourth-order valence-electron chi connectivity index (χ4n) is 4.88. The maximum atomic E-state index is 12.8. The van der Waals surface area contributed by atoms with Crippen LogP contribution in [0.2, 0.25) is 0 Å². The van der Waals surface area contributed by atoms with Gasteiger partial charge in [0.1, 0.15) is 11.4 Å². The maximum Gasteiger partial charge on any atom is 0.387 e. The highest BCUT2D eigenvalue weighted by atomic mass is 19.3. The fraction of sp³-hybridized carbons (Fsp3) is 0.346. The van der Waals surface area contributed by atoms with Crippen LogP contribution in [0.25, 0.3) is 22.2 Å². The molecule has 3 heterocycles. The second-order valence-electron chi connectivity index (χ2n) is 8.88. The van der Waals surface area contributed by atoms with E-state index in [1.54, 1.807) is 18.3 Å². The van der Waals surface area contributed by atoms with Gasteiger partial charge in [0.2, 0.25) is 0 Å². The molecule has 1 saturated heterocycles. The molecule has 2 aromatic carbocycles. The Labute approximate surface area is 202 Å². The molecule has 0 atom stereocenters. The highest BCUT2D eigenvalue weighted by molar-refractivity contribution is 5.99. The molecule has 182 valence electrons. The molecule has 9 heteroatoms. The van der Waals surface area contributed by atoms with Crippen LogP contribution in [0.4, 0.5) is 14.6 Å². The number of aryl methyl sites for hydroxylation is 1. The normalized spacial score (nSPS) is 14.9. The van der Waals surface area contributed by atoms with E-state index in [1.807, 2.05) is 49.1 Å². The zero-order valence-electron chi connectivity index (χ0n) is 19.8. The molecule has 1 aliphatic heterocycles. The number of piperidine rings is 1. The topological polar surface area (TPSA) is 59.3 Å². The Balaban J connectivity index is 1.31. The van der Waals surface area contributed by atoms with Crippen molar-refractivity contribution in [1.82, 2.24) is 24.9 Å². The number of anilines is 1. The molecule has 0 spiro atoms. The minimum absolute atomic E-state index is 0.238. The van der Waals surface area contributed by atoms with Crippen LogP contribution >= 0.6 is 0 Å². The maximum absolute atomic E-state index is 12.8. The minimum Gasteiger partial charge on any atom is -0.434 e. The fourth-order valence-corrected chi connectivity index (χ4v) is 4.88. The van der Waals surface area contributed by atoms with Crippen molar-refractivity contribution in [2.45, 2.75) is 32.0 Å². The van der Waals surface area contributed by atoms with Crippen LogP contribution in [0.3, 0.4) is 0 Å². The Morgan fingerprint density at radius 1 is 1.00 bits per heavy atom. The van der Waals surface area contributed by atoms with Gasteiger partial charge in [-0.15, -0.1) is 10.2 Å². The first-order valence-electron chi connectivity index (χ1n) is 11.7. The van der Waals surface area contributed by atoms with Crippen LogP contribution in [0.15, 0.2) is 60.8 Å². The van der Waals surface area contributed by atoms with Crippen molar-refractivity contribution in [3.63, 3.8) is 0 Å². The van der Waals surface area contributed by atoms with E-state index in [1.165, 1.54) is 0 Å². The Hall–Kier alpha value is -3.59. The second kappa shape index (κ2) is 9.95. The Kier molecular flexibility index (Phi) is 6.59. The van der Waals surface area contributed by atoms with Crippen LogP contribution < -0.4 is 9.64 Å². The number of halogens is 2. The molecule has 0 saturated carbocycles. The lowest BCUT2D eigenvalue weighted by Crippen LogP contribution is -2.43. The average Bonchev–Trinajstić information content (AvgIpc) is 3.30. The van der Waals surface area contributed by atoms with Gasteiger partial charge in [0.05, 0.1) is 5.69 Å². The second-order valence-corrected chi connectivity index (χ2v) is 8.88. The number of aromatic nitrogens is 4. The molecule has 0 N–H and O–H groups in total. The molecule has 0 aliphatic carbocycles. The molecule has 7 nitrogen and oxygen atoms in total. The lowest BCUT2D eigenvalue weighted by Gasteiger charge is -2.37. The molecule has 0 bridgehead atoms. The van der Waals surface area contributed by atoms with E-state index in [9.17, 15) is 8.78 Å². The molecule has 1 fully saturated rings. The zero-order valence-corrected chi connectivity index (χ0v) is 19.8. The smallest absolute Gasteiger partial charge is 0.387 e. The molecular formula is C26H28F2N6O. The van der Waals surface area contributed by atoms with Gasteiger partial charge in [-0.1, -0.05) is 42.5 Å². The first kappa shape index (κ1) is 23.2. The van der Waals surface area contributed by atoms with Crippen molar-refractivity contribution in [1.29, 1.82) is 0 Å². The summed E-state index contributed by atoms with van der Waals surface area (Å²) in [6.45, 7) is -0.595. The van der Waals surface area contributed by atoms with Gasteiger partial charge in [0.25, 0.3) is 0 Å². The van der Waals surface area contributed by atoms with E-state index in [2.05, 4.69) is 37.2 Å². The van der Waals surface area contributed by atoms with Gasteiger partial charge < -0.3 is 9.64 Å². The van der Waals surface area contributed by atoms with E-state index < -0.39 is 6.61 Å². The molecule has 35 heavy (non-hydrogen) atoms. The third-order valence-corrected chi connectivity index (χ3v) is 6.73. The summed E-state index contributed by atoms with van der Waals surface area (Å²) in [6.07, 6.45) is 3.64. The predicted octanol–water partition coefficient (Wildman–Crippen LogP) is 4.73. The summed E-state index contributed by atoms with van der Waals surface area (Å²) in [5, 5.41) is 15.6. The van der Waals surface area contributed by atoms with E-state index in [-0.39, 0.29) is 5.75 Å². The standard InChI is InChI=1S/C26H28F2N6O/c1-32(17-18-7-3-6-10-23(18)35-26(27)28)19-12-15-34(16-13-19)25-21-9-5-4-8-20(21)24(30-31-25)22-11-14-29-33(22)2/h3-11,14,19,26H,12-13,15-17H2,1-2H3. The number of fused-ring (bicyclic) bond motifs is 1. The largest absolute Gasteiger partial charge is 0.434 e. The third-order valence-electron chi connectivity index (χ3n) is 6.73. The van der Waals surface area contributed by atoms with Gasteiger partial charge in [0.15, 0.2) is 5.82 Å². The van der Waals surface area contributed by atoms with Gasteiger partial charge >= 0.3 is 6.61 Å². The SMILES string of the molecule is CN(Cc1ccccc1OC(F)F)C1CCN(c2nnc(-c3ccnn3C)c3ccccc23)CC1. The number of hydrogen-bond acceptors (Lipinski definition) is 6. The van der Waals surface area contributed by atoms with Gasteiger partial charge in [-0.3, -0.25) is 9.58 Å². The van der Waals surface area contributed by atoms with Crippen molar-refractivity contribution < 1.29 is 13.5 Å². The number of ether oxygens (including phenoxy) is 1. The third kappa shape index (κ3) is 4.81. The van der Waals surface area contributed by atoms with Crippen molar-refractivity contribution in [2.75, 3.05) is 25.0 Å². The summed E-state index contributed by atoms with van der Waals surface area (Å²) in [6, 6.07) is 17.5. The quantitative estimate of drug-likeness (QED) is 0.383. The van der Waals surface area contributed by atoms with E-state index in [0.717, 1.165) is 59.5 Å². The summed E-state index contributed by atoms with van der Waals surface area (Å²) >= 11 is 0. The highest BCUT2D eigenvalue weighted by Crippen LogP contribution is 2.33. The Morgan fingerprint density at radius 2 is 1.71 bits per heavy atom. The van der Waals surface area contributed by atoms with Crippen molar-refractivity contribution in [3.8, 4) is 17.1 Å². The van der Waals surface area contributed by atoms with E-state index >= 15 is 0 Å². The number of benzene rings is 2. The molecule has 0 amide bonds. The lowest BCUT2D eigenvalue weighted by molar-refractivity contribution is -0.0508. The number of hydrogen-bond donors (Lipinski definition) is 0. The predicted molar refractivity (Wildman–Crippen MR) is 132 cm³/mol. The van der Waals surface area contributed by atoms with Crippen molar-refractivity contribution >= 4 is 16.6 Å². The van der Waals surface area contributed by atoms with Crippen LogP contribution in [0.5, 0.6) is 5.75 Å². The van der Waals surface area contributed by atoms with Crippen LogP contribution in [0, 0.1) is 0 Å². The lowest BCUT2D eigenvalue weighted by atomic mass is 10.0. The van der Waals surface area contributed by atoms with Gasteiger partial charge in [-0.2, -0.15) is 13.9 Å². The van der Waals surface area contributed by atoms with Crippen LogP contribution in [-0.4, -0.2) is 57.7 Å². The zero-order chi connectivity index (χ0) is 24.4. The molecule has 0 radical (unpaired) electrons. The monoisotopic (exact) mass is 478 g/mol. The summed E-state index contributed by atoms with van der Waals surface area (Å²) in [5.74, 6) is 1.13. The molecule has 5 rings (SSSR count). The summed E-state index contributed by atoms with van der Waals surface area (Å²) < 4.78 is 32.1. The van der Waals surface area contributed by atoms with Crippen molar-refractivity contribution in [3.05, 3.63) is 66.4 Å². The van der Waals surface area contributed by atoms with E-state index in [0.29, 0.717) is 12.6 Å². The number of alkyl halides is 2. The molecule has 1 aliphatic rings. The Bertz CT molecular complexity index is 1300. The van der Waals surface area contributed by atoms with E-state index in [4.69, 9.17) is 4.74 Å². The first-order chi connectivity index (χ1) is 17.0. The van der Waals surface area contributed by atoms with Crippen LogP contribution in [-0.2, 0) is 13.6 Å². The molecule has 2 aromatic heterocycles. The summed E-state index contributed by atoms with van der Waals surface area (Å²) in [5.41, 5.74) is 2.51. The molecular weight excluding hydrogens is 450 g/mol. The number of para-hydroxylation sites is 1. The summed E-state index contributed by atoms with van der Waals surface area (Å²) in [4.78, 5) is 4.51.